The van der Waals surface area contributed by atoms with Gasteiger partial charge in [-0.1, -0.05) is 103 Å². The highest BCUT2D eigenvalue weighted by Gasteiger charge is 2.43. The summed E-state index contributed by atoms with van der Waals surface area (Å²) >= 11 is 0. The summed E-state index contributed by atoms with van der Waals surface area (Å²) in [7, 11) is -1.28. The van der Waals surface area contributed by atoms with E-state index in [-0.39, 0.29) is 5.41 Å². The second-order valence-electron chi connectivity index (χ2n) is 12.5. The molecule has 0 unspecified atom stereocenters. The van der Waals surface area contributed by atoms with Crippen molar-refractivity contribution in [2.75, 3.05) is 26.4 Å². The number of benzene rings is 2. The third-order valence-corrected chi connectivity index (χ3v) is 9.28. The molecule has 6 nitrogen and oxygen atoms in total. The maximum Gasteiger partial charge on any atom is 0.713 e. The van der Waals surface area contributed by atoms with E-state index in [0.29, 0.717) is 26.4 Å². The van der Waals surface area contributed by atoms with E-state index in [1.54, 1.807) is 0 Å². The summed E-state index contributed by atoms with van der Waals surface area (Å²) in [6.45, 7) is 7.23. The minimum absolute atomic E-state index is 0.0958. The predicted molar refractivity (Wildman–Crippen MR) is 174 cm³/mol. The standard InChI is InChI=1S/C35H52B2O6/c1-3-5-7-9-11-13-21-35(22-14-12-10-8-6-4-2)33-27-29(42-36-38-23-15-24-39-36)17-19-31(33)32-20-18-30(28-34(32)35)43-37-40-25-16-26-41-37/h17-20,27-28H,3-16,21-26H2,1-2H3. The van der Waals surface area contributed by atoms with Crippen LogP contribution in [0.1, 0.15) is 128 Å². The average molecular weight is 590 g/mol. The van der Waals surface area contributed by atoms with Gasteiger partial charge in [0.15, 0.2) is 0 Å². The van der Waals surface area contributed by atoms with Crippen LogP contribution in [0.5, 0.6) is 11.5 Å². The SMILES string of the molecule is CCCCCCCCC1(CCCCCCCC)c2cc(OB3OCCCO3)ccc2-c2ccc(OB3OCCCO3)cc21. The Bertz CT molecular complexity index is 1030. The second kappa shape index (κ2) is 16.9. The maximum absolute atomic E-state index is 6.23. The van der Waals surface area contributed by atoms with Gasteiger partial charge in [0.05, 0.1) is 0 Å². The van der Waals surface area contributed by atoms with E-state index in [4.69, 9.17) is 27.9 Å². The molecule has 0 spiro atoms. The smallest absolute Gasteiger partial charge is 0.512 e. The summed E-state index contributed by atoms with van der Waals surface area (Å²) in [5.74, 6) is 1.63. The Morgan fingerprint density at radius 1 is 0.558 bits per heavy atom. The molecule has 2 aliphatic heterocycles. The van der Waals surface area contributed by atoms with Crippen LogP contribution >= 0.6 is 0 Å². The molecule has 2 fully saturated rings. The van der Waals surface area contributed by atoms with Gasteiger partial charge in [0.2, 0.25) is 0 Å². The van der Waals surface area contributed by atoms with Crippen molar-refractivity contribution >= 4 is 14.6 Å². The van der Waals surface area contributed by atoms with Gasteiger partial charge in [0, 0.05) is 31.8 Å². The molecule has 1 aliphatic carbocycles. The summed E-state index contributed by atoms with van der Waals surface area (Å²) in [6, 6.07) is 13.2. The number of unbranched alkanes of at least 4 members (excludes halogenated alkanes) is 10. The molecule has 8 heteroatoms. The zero-order chi connectivity index (χ0) is 29.7. The van der Waals surface area contributed by atoms with Crippen LogP contribution in [0, 0.1) is 0 Å². The van der Waals surface area contributed by atoms with Crippen molar-refractivity contribution in [3.05, 3.63) is 47.5 Å². The van der Waals surface area contributed by atoms with E-state index in [0.717, 1.165) is 37.2 Å². The van der Waals surface area contributed by atoms with E-state index in [1.807, 2.05) is 0 Å². The lowest BCUT2D eigenvalue weighted by Crippen LogP contribution is -2.35. The molecule has 3 aliphatic rings. The van der Waals surface area contributed by atoms with Gasteiger partial charge in [-0.05, 0) is 72.2 Å². The Balaban J connectivity index is 1.45. The van der Waals surface area contributed by atoms with Crippen LogP contribution in [0.3, 0.4) is 0 Å². The lowest BCUT2D eigenvalue weighted by atomic mass is 9.70. The first-order valence-corrected chi connectivity index (χ1v) is 17.3. The summed E-state index contributed by atoms with van der Waals surface area (Å²) in [6.07, 6.45) is 19.5. The third-order valence-electron chi connectivity index (χ3n) is 9.28. The molecule has 5 rings (SSSR count). The van der Waals surface area contributed by atoms with Crippen molar-refractivity contribution in [1.82, 2.24) is 0 Å². The number of hydrogen-bond donors (Lipinski definition) is 0. The quantitative estimate of drug-likeness (QED) is 0.128. The molecule has 2 saturated heterocycles. The molecule has 0 N–H and O–H groups in total. The Kier molecular flexibility index (Phi) is 12.7. The Morgan fingerprint density at radius 3 is 1.37 bits per heavy atom. The number of rotatable bonds is 18. The van der Waals surface area contributed by atoms with Gasteiger partial charge in [0.1, 0.15) is 11.5 Å². The van der Waals surface area contributed by atoms with Gasteiger partial charge in [-0.3, -0.25) is 0 Å². The summed E-state index contributed by atoms with van der Waals surface area (Å²) < 4.78 is 35.4. The van der Waals surface area contributed by atoms with E-state index in [1.165, 1.54) is 99.3 Å². The van der Waals surface area contributed by atoms with Crippen LogP contribution in [-0.4, -0.2) is 41.1 Å². The molecule has 0 aromatic heterocycles. The van der Waals surface area contributed by atoms with E-state index >= 15 is 0 Å². The Labute approximate surface area is 260 Å². The molecule has 0 saturated carbocycles. The topological polar surface area (TPSA) is 55.4 Å². The fourth-order valence-corrected chi connectivity index (χ4v) is 6.97. The van der Waals surface area contributed by atoms with Crippen LogP contribution in [0.4, 0.5) is 0 Å². The molecule has 2 aromatic rings. The highest BCUT2D eigenvalue weighted by molar-refractivity contribution is 6.38. The largest absolute Gasteiger partial charge is 0.713 e. The lowest BCUT2D eigenvalue weighted by Gasteiger charge is -2.33. The molecule has 43 heavy (non-hydrogen) atoms. The van der Waals surface area contributed by atoms with E-state index < -0.39 is 14.6 Å². The zero-order valence-corrected chi connectivity index (χ0v) is 26.7. The van der Waals surface area contributed by atoms with Gasteiger partial charge >= 0.3 is 14.6 Å². The molecule has 0 bridgehead atoms. The normalized spacial score (nSPS) is 17.5. The van der Waals surface area contributed by atoms with Crippen LogP contribution < -0.4 is 9.31 Å². The highest BCUT2D eigenvalue weighted by Crippen LogP contribution is 2.56. The summed E-state index contributed by atoms with van der Waals surface area (Å²) in [4.78, 5) is 0. The molecule has 234 valence electrons. The average Bonchev–Trinajstić information content (AvgIpc) is 3.30. The molecule has 2 heterocycles. The highest BCUT2D eigenvalue weighted by atomic mass is 16.7. The fraction of sp³-hybridized carbons (Fsp3) is 0.657. The monoisotopic (exact) mass is 590 g/mol. The van der Waals surface area contributed by atoms with Gasteiger partial charge in [-0.15, -0.1) is 0 Å². The predicted octanol–water partition coefficient (Wildman–Crippen LogP) is 9.06. The van der Waals surface area contributed by atoms with Crippen LogP contribution in [0.15, 0.2) is 36.4 Å². The molecular weight excluding hydrogens is 538 g/mol. The van der Waals surface area contributed by atoms with E-state index in [9.17, 15) is 0 Å². The fourth-order valence-electron chi connectivity index (χ4n) is 6.97. The summed E-state index contributed by atoms with van der Waals surface area (Å²) in [5, 5.41) is 0. The van der Waals surface area contributed by atoms with Crippen molar-refractivity contribution in [2.24, 2.45) is 0 Å². The molecule has 0 atom stereocenters. The van der Waals surface area contributed by atoms with Crippen LogP contribution in [0.25, 0.3) is 11.1 Å². The minimum Gasteiger partial charge on any atom is -0.512 e. The first-order chi connectivity index (χ1) is 21.2. The third kappa shape index (κ3) is 8.59. The van der Waals surface area contributed by atoms with Crippen molar-refractivity contribution in [1.29, 1.82) is 0 Å². The van der Waals surface area contributed by atoms with Gasteiger partial charge in [0.25, 0.3) is 0 Å². The van der Waals surface area contributed by atoms with Crippen LogP contribution in [-0.2, 0) is 24.0 Å². The molecular formula is C35H52B2O6. The molecule has 2 aromatic carbocycles. The first-order valence-electron chi connectivity index (χ1n) is 17.3. The second-order valence-corrected chi connectivity index (χ2v) is 12.5. The Hall–Kier alpha value is -1.99. The van der Waals surface area contributed by atoms with Crippen molar-refractivity contribution in [3.63, 3.8) is 0 Å². The van der Waals surface area contributed by atoms with Crippen LogP contribution in [0.2, 0.25) is 0 Å². The van der Waals surface area contributed by atoms with Crippen molar-refractivity contribution < 1.29 is 27.9 Å². The van der Waals surface area contributed by atoms with Crippen molar-refractivity contribution in [3.8, 4) is 22.6 Å². The molecule has 0 radical (unpaired) electrons. The lowest BCUT2D eigenvalue weighted by molar-refractivity contribution is 0.0879. The van der Waals surface area contributed by atoms with E-state index in [2.05, 4.69) is 50.2 Å². The first kappa shape index (κ1) is 32.4. The van der Waals surface area contributed by atoms with Gasteiger partial charge < -0.3 is 27.9 Å². The number of hydrogen-bond acceptors (Lipinski definition) is 6. The zero-order valence-electron chi connectivity index (χ0n) is 26.7. The molecule has 0 amide bonds. The number of fused-ring (bicyclic) bond motifs is 3. The van der Waals surface area contributed by atoms with Gasteiger partial charge in [-0.2, -0.15) is 0 Å². The van der Waals surface area contributed by atoms with Gasteiger partial charge in [-0.25, -0.2) is 0 Å². The van der Waals surface area contributed by atoms with Crippen molar-refractivity contribution in [2.45, 2.75) is 122 Å². The maximum atomic E-state index is 6.23. The minimum atomic E-state index is -0.641. The Morgan fingerprint density at radius 2 is 0.953 bits per heavy atom. The summed E-state index contributed by atoms with van der Waals surface area (Å²) in [5.41, 5.74) is 5.27.